The third kappa shape index (κ3) is 4.24. The van der Waals surface area contributed by atoms with Crippen LogP contribution in [0.2, 0.25) is 0 Å². The fourth-order valence-electron chi connectivity index (χ4n) is 3.11. The number of fused-ring (bicyclic) bond motifs is 1. The number of ether oxygens (including phenoxy) is 1. The molecular formula is C21H26N2O. The number of unbranched alkanes of at least 4 members (excludes halogenated alkanes) is 3. The molecule has 0 radical (unpaired) electrons. The highest BCUT2D eigenvalue weighted by atomic mass is 16.5. The second kappa shape index (κ2) is 8.65. The van der Waals surface area contributed by atoms with E-state index < -0.39 is 0 Å². The summed E-state index contributed by atoms with van der Waals surface area (Å²) >= 11 is 0. The van der Waals surface area contributed by atoms with Gasteiger partial charge >= 0.3 is 0 Å². The number of hydrogen-bond donors (Lipinski definition) is 0. The monoisotopic (exact) mass is 322 g/mol. The van der Waals surface area contributed by atoms with Crippen molar-refractivity contribution >= 4 is 10.8 Å². The summed E-state index contributed by atoms with van der Waals surface area (Å²) in [5.74, 6) is 0. The van der Waals surface area contributed by atoms with E-state index in [2.05, 4.69) is 58.9 Å². The standard InChI is InChI=1S/C21H26N2O/c1-2-3-4-7-15-24-21(16-23-14-13-22-17-23)20-12-8-10-18-9-5-6-11-19(18)20/h5-6,8-14,17,21H,2-4,7,15-16H2,1H3. The molecule has 24 heavy (non-hydrogen) atoms. The molecule has 3 rings (SSSR count). The van der Waals surface area contributed by atoms with Crippen LogP contribution in [0.3, 0.4) is 0 Å². The van der Waals surface area contributed by atoms with Gasteiger partial charge < -0.3 is 9.30 Å². The minimum atomic E-state index is 0.0481. The van der Waals surface area contributed by atoms with Gasteiger partial charge in [0.1, 0.15) is 6.10 Å². The van der Waals surface area contributed by atoms with Gasteiger partial charge in [-0.2, -0.15) is 0 Å². The van der Waals surface area contributed by atoms with Crippen molar-refractivity contribution in [3.63, 3.8) is 0 Å². The van der Waals surface area contributed by atoms with Gasteiger partial charge in [-0.3, -0.25) is 0 Å². The fraction of sp³-hybridized carbons (Fsp3) is 0.381. The van der Waals surface area contributed by atoms with Gasteiger partial charge in [0.05, 0.1) is 12.9 Å². The lowest BCUT2D eigenvalue weighted by Gasteiger charge is -2.21. The Morgan fingerprint density at radius 2 is 1.92 bits per heavy atom. The largest absolute Gasteiger partial charge is 0.372 e. The van der Waals surface area contributed by atoms with Crippen molar-refractivity contribution in [3.8, 4) is 0 Å². The number of rotatable bonds is 9. The van der Waals surface area contributed by atoms with E-state index in [4.69, 9.17) is 4.74 Å². The predicted octanol–water partition coefficient (Wildman–Crippen LogP) is 5.37. The molecule has 3 nitrogen and oxygen atoms in total. The summed E-state index contributed by atoms with van der Waals surface area (Å²) in [5.41, 5.74) is 1.26. The van der Waals surface area contributed by atoms with E-state index >= 15 is 0 Å². The van der Waals surface area contributed by atoms with Crippen LogP contribution in [0.4, 0.5) is 0 Å². The summed E-state index contributed by atoms with van der Waals surface area (Å²) in [6.07, 6.45) is 10.6. The van der Waals surface area contributed by atoms with E-state index in [1.807, 2.05) is 18.7 Å². The van der Waals surface area contributed by atoms with Crippen molar-refractivity contribution in [2.75, 3.05) is 6.61 Å². The molecule has 0 amide bonds. The van der Waals surface area contributed by atoms with Crippen molar-refractivity contribution in [2.24, 2.45) is 0 Å². The Bertz CT molecular complexity index is 731. The molecule has 126 valence electrons. The quantitative estimate of drug-likeness (QED) is 0.495. The van der Waals surface area contributed by atoms with Gasteiger partial charge in [0.2, 0.25) is 0 Å². The molecule has 1 atom stereocenters. The van der Waals surface area contributed by atoms with Crippen LogP contribution in [-0.4, -0.2) is 16.2 Å². The van der Waals surface area contributed by atoms with Gasteiger partial charge in [-0.1, -0.05) is 68.7 Å². The molecule has 0 bridgehead atoms. The second-order valence-corrected chi connectivity index (χ2v) is 6.25. The molecule has 0 saturated heterocycles. The highest BCUT2D eigenvalue weighted by Crippen LogP contribution is 2.28. The highest BCUT2D eigenvalue weighted by molar-refractivity contribution is 5.85. The lowest BCUT2D eigenvalue weighted by atomic mass is 10.00. The van der Waals surface area contributed by atoms with Gasteiger partial charge in [0.25, 0.3) is 0 Å². The first-order valence-corrected chi connectivity index (χ1v) is 8.93. The number of imidazole rings is 1. The molecule has 0 aliphatic heterocycles. The molecular weight excluding hydrogens is 296 g/mol. The second-order valence-electron chi connectivity index (χ2n) is 6.25. The van der Waals surface area contributed by atoms with Crippen molar-refractivity contribution in [3.05, 3.63) is 66.7 Å². The Hall–Kier alpha value is -2.13. The zero-order chi connectivity index (χ0) is 16.6. The van der Waals surface area contributed by atoms with Crippen LogP contribution in [0.5, 0.6) is 0 Å². The Kier molecular flexibility index (Phi) is 6.02. The number of hydrogen-bond acceptors (Lipinski definition) is 2. The van der Waals surface area contributed by atoms with Crippen LogP contribution in [0.1, 0.15) is 44.3 Å². The molecule has 1 aromatic heterocycles. The maximum atomic E-state index is 6.31. The molecule has 0 saturated carbocycles. The van der Waals surface area contributed by atoms with Gasteiger partial charge in [-0.05, 0) is 22.8 Å². The predicted molar refractivity (Wildman–Crippen MR) is 99.0 cm³/mol. The van der Waals surface area contributed by atoms with E-state index in [-0.39, 0.29) is 6.10 Å². The van der Waals surface area contributed by atoms with Gasteiger partial charge in [-0.25, -0.2) is 4.98 Å². The molecule has 0 fully saturated rings. The van der Waals surface area contributed by atoms with Gasteiger partial charge in [-0.15, -0.1) is 0 Å². The highest BCUT2D eigenvalue weighted by Gasteiger charge is 2.15. The number of nitrogens with zero attached hydrogens (tertiary/aromatic N) is 2. The maximum absolute atomic E-state index is 6.31. The zero-order valence-corrected chi connectivity index (χ0v) is 14.4. The molecule has 0 N–H and O–H groups in total. The SMILES string of the molecule is CCCCCCOC(Cn1ccnc1)c1cccc2ccccc12. The van der Waals surface area contributed by atoms with Crippen LogP contribution >= 0.6 is 0 Å². The van der Waals surface area contributed by atoms with E-state index in [0.717, 1.165) is 19.6 Å². The van der Waals surface area contributed by atoms with Crippen LogP contribution in [0.25, 0.3) is 10.8 Å². The van der Waals surface area contributed by atoms with E-state index in [1.165, 1.54) is 35.6 Å². The Labute approximate surface area is 144 Å². The third-order valence-corrected chi connectivity index (χ3v) is 4.42. The molecule has 0 spiro atoms. The van der Waals surface area contributed by atoms with Gasteiger partial charge in [0.15, 0.2) is 0 Å². The first-order chi connectivity index (χ1) is 11.9. The molecule has 1 unspecified atom stereocenters. The Morgan fingerprint density at radius 1 is 1.04 bits per heavy atom. The van der Waals surface area contributed by atoms with Crippen molar-refractivity contribution < 1.29 is 4.74 Å². The average molecular weight is 322 g/mol. The molecule has 3 heteroatoms. The van der Waals surface area contributed by atoms with Crippen molar-refractivity contribution in [2.45, 2.75) is 45.3 Å². The van der Waals surface area contributed by atoms with E-state index in [1.54, 1.807) is 0 Å². The van der Waals surface area contributed by atoms with Crippen LogP contribution < -0.4 is 0 Å². The summed E-state index contributed by atoms with van der Waals surface area (Å²) in [6.45, 7) is 3.84. The lowest BCUT2D eigenvalue weighted by Crippen LogP contribution is -2.13. The fourth-order valence-corrected chi connectivity index (χ4v) is 3.11. The average Bonchev–Trinajstić information content (AvgIpc) is 3.13. The van der Waals surface area contributed by atoms with Crippen LogP contribution in [0.15, 0.2) is 61.2 Å². The van der Waals surface area contributed by atoms with Crippen LogP contribution in [-0.2, 0) is 11.3 Å². The molecule has 3 aromatic rings. The summed E-state index contributed by atoms with van der Waals surface area (Å²) < 4.78 is 8.40. The van der Waals surface area contributed by atoms with Crippen molar-refractivity contribution in [1.29, 1.82) is 0 Å². The van der Waals surface area contributed by atoms with E-state index in [9.17, 15) is 0 Å². The Morgan fingerprint density at radius 3 is 2.75 bits per heavy atom. The molecule has 1 heterocycles. The topological polar surface area (TPSA) is 27.1 Å². The molecule has 2 aromatic carbocycles. The number of aromatic nitrogens is 2. The first kappa shape index (κ1) is 16.7. The lowest BCUT2D eigenvalue weighted by molar-refractivity contribution is 0.0389. The summed E-state index contributed by atoms with van der Waals surface area (Å²) in [6, 6.07) is 15.0. The van der Waals surface area contributed by atoms with Crippen LogP contribution in [0, 0.1) is 0 Å². The maximum Gasteiger partial charge on any atom is 0.101 e. The zero-order valence-electron chi connectivity index (χ0n) is 14.4. The first-order valence-electron chi connectivity index (χ1n) is 8.93. The van der Waals surface area contributed by atoms with Gasteiger partial charge in [0, 0.05) is 19.0 Å². The smallest absolute Gasteiger partial charge is 0.101 e. The summed E-state index contributed by atoms with van der Waals surface area (Å²) in [5, 5.41) is 2.54. The minimum Gasteiger partial charge on any atom is -0.372 e. The number of benzene rings is 2. The summed E-state index contributed by atoms with van der Waals surface area (Å²) in [7, 11) is 0. The summed E-state index contributed by atoms with van der Waals surface area (Å²) in [4.78, 5) is 4.16. The minimum absolute atomic E-state index is 0.0481. The normalized spacial score (nSPS) is 12.5. The Balaban J connectivity index is 1.79. The third-order valence-electron chi connectivity index (χ3n) is 4.42. The molecule has 0 aliphatic carbocycles. The van der Waals surface area contributed by atoms with Crippen molar-refractivity contribution in [1.82, 2.24) is 9.55 Å². The van der Waals surface area contributed by atoms with E-state index in [0.29, 0.717) is 0 Å². The molecule has 0 aliphatic rings.